The van der Waals surface area contributed by atoms with Crippen molar-refractivity contribution in [1.82, 2.24) is 15.2 Å². The van der Waals surface area contributed by atoms with Gasteiger partial charge in [0, 0.05) is 51.1 Å². The number of thiazole rings is 1. The van der Waals surface area contributed by atoms with Gasteiger partial charge in [0.1, 0.15) is 0 Å². The Morgan fingerprint density at radius 2 is 1.93 bits per heavy atom. The third-order valence-corrected chi connectivity index (χ3v) is 6.07. The number of rotatable bonds is 4. The Kier molecular flexibility index (Phi) is 8.62. The second-order valence-electron chi connectivity index (χ2n) is 6.39. The molecule has 5 nitrogen and oxygen atoms in total. The number of guanidine groups is 1. The van der Waals surface area contributed by atoms with Crippen LogP contribution in [0.4, 0.5) is 5.69 Å². The van der Waals surface area contributed by atoms with Crippen LogP contribution in [0.2, 0.25) is 5.02 Å². The van der Waals surface area contributed by atoms with Crippen LogP contribution in [-0.4, -0.2) is 55.6 Å². The highest BCUT2D eigenvalue weighted by molar-refractivity contribution is 14.0. The van der Waals surface area contributed by atoms with Gasteiger partial charge in [0.15, 0.2) is 5.96 Å². The summed E-state index contributed by atoms with van der Waals surface area (Å²) in [5.41, 5.74) is 2.27. The van der Waals surface area contributed by atoms with Gasteiger partial charge in [-0.25, -0.2) is 4.98 Å². The van der Waals surface area contributed by atoms with E-state index in [2.05, 4.69) is 45.0 Å². The molecule has 0 radical (unpaired) electrons. The first-order valence-electron chi connectivity index (χ1n) is 8.96. The van der Waals surface area contributed by atoms with Gasteiger partial charge in [-0.05, 0) is 26.0 Å². The average Bonchev–Trinajstić information content (AvgIpc) is 2.97. The van der Waals surface area contributed by atoms with Crippen LogP contribution in [0.3, 0.4) is 0 Å². The fourth-order valence-electron chi connectivity index (χ4n) is 3.29. The average molecular weight is 520 g/mol. The largest absolute Gasteiger partial charge is 0.367 e. The molecule has 0 spiro atoms. The highest BCUT2D eigenvalue weighted by Gasteiger charge is 2.21. The first-order valence-corrected chi connectivity index (χ1v) is 10.2. The SMILES string of the molecule is CN=C(NCCc1sc(C)nc1C)N1CCN(c2ccccc2Cl)CC1.I. The zero-order valence-electron chi connectivity index (χ0n) is 16.0. The zero-order chi connectivity index (χ0) is 18.5. The van der Waals surface area contributed by atoms with E-state index < -0.39 is 0 Å². The molecule has 1 fully saturated rings. The molecule has 0 saturated carbocycles. The minimum absolute atomic E-state index is 0. The third kappa shape index (κ3) is 5.71. The van der Waals surface area contributed by atoms with Crippen LogP contribution in [0.15, 0.2) is 29.3 Å². The molecule has 1 aliphatic heterocycles. The van der Waals surface area contributed by atoms with Crippen molar-refractivity contribution in [3.05, 3.63) is 44.9 Å². The molecule has 3 rings (SSSR count). The number of aliphatic imine (C=N–C) groups is 1. The van der Waals surface area contributed by atoms with Crippen LogP contribution < -0.4 is 10.2 Å². The number of para-hydroxylation sites is 1. The number of aromatic nitrogens is 1. The molecule has 8 heteroatoms. The van der Waals surface area contributed by atoms with Gasteiger partial charge in [-0.15, -0.1) is 35.3 Å². The Morgan fingerprint density at radius 1 is 1.22 bits per heavy atom. The quantitative estimate of drug-likeness (QED) is 0.377. The summed E-state index contributed by atoms with van der Waals surface area (Å²) in [6, 6.07) is 8.05. The van der Waals surface area contributed by atoms with Crippen molar-refractivity contribution < 1.29 is 0 Å². The second-order valence-corrected chi connectivity index (χ2v) is 8.09. The molecule has 0 bridgehead atoms. The number of nitrogens with zero attached hydrogens (tertiary/aromatic N) is 4. The molecule has 1 aromatic carbocycles. The fourth-order valence-corrected chi connectivity index (χ4v) is 4.48. The number of benzene rings is 1. The standard InChI is InChI=1S/C19H26ClN5S.HI/c1-14-18(26-15(2)23-14)8-9-22-19(21-3)25-12-10-24(11-13-25)17-7-5-4-6-16(17)20;/h4-7H,8-13H2,1-3H3,(H,21,22);1H. The minimum Gasteiger partial charge on any atom is -0.367 e. The number of hydrogen-bond donors (Lipinski definition) is 1. The summed E-state index contributed by atoms with van der Waals surface area (Å²) in [6.07, 6.45) is 0.982. The monoisotopic (exact) mass is 519 g/mol. The maximum absolute atomic E-state index is 6.33. The molecular weight excluding hydrogens is 493 g/mol. The summed E-state index contributed by atoms with van der Waals surface area (Å²) < 4.78 is 0. The van der Waals surface area contributed by atoms with Crippen molar-refractivity contribution in [3.8, 4) is 0 Å². The number of nitrogens with one attached hydrogen (secondary N) is 1. The molecular formula is C19H27ClIN5S. The fraction of sp³-hybridized carbons (Fsp3) is 0.474. The van der Waals surface area contributed by atoms with Crippen LogP contribution in [-0.2, 0) is 6.42 Å². The van der Waals surface area contributed by atoms with E-state index in [1.165, 1.54) is 4.88 Å². The molecule has 1 N–H and O–H groups in total. The summed E-state index contributed by atoms with van der Waals surface area (Å²) in [5.74, 6) is 0.975. The predicted octanol–water partition coefficient (Wildman–Crippen LogP) is 3.97. The topological polar surface area (TPSA) is 43.8 Å². The first-order chi connectivity index (χ1) is 12.6. The van der Waals surface area contributed by atoms with Crippen molar-refractivity contribution in [3.63, 3.8) is 0 Å². The smallest absolute Gasteiger partial charge is 0.193 e. The van der Waals surface area contributed by atoms with Crippen LogP contribution >= 0.6 is 46.9 Å². The Bertz CT molecular complexity index is 771. The number of hydrogen-bond acceptors (Lipinski definition) is 4. The third-order valence-electron chi connectivity index (χ3n) is 4.62. The highest BCUT2D eigenvalue weighted by atomic mass is 127. The van der Waals surface area contributed by atoms with Crippen molar-refractivity contribution in [2.75, 3.05) is 44.7 Å². The lowest BCUT2D eigenvalue weighted by Crippen LogP contribution is -2.52. The van der Waals surface area contributed by atoms with E-state index in [0.29, 0.717) is 0 Å². The summed E-state index contributed by atoms with van der Waals surface area (Å²) in [6.45, 7) is 8.77. The van der Waals surface area contributed by atoms with E-state index in [4.69, 9.17) is 11.6 Å². The Labute approximate surface area is 187 Å². The number of anilines is 1. The van der Waals surface area contributed by atoms with Crippen LogP contribution in [0.25, 0.3) is 0 Å². The Morgan fingerprint density at radius 3 is 2.52 bits per heavy atom. The van der Waals surface area contributed by atoms with E-state index in [1.807, 2.05) is 25.2 Å². The summed E-state index contributed by atoms with van der Waals surface area (Å²) in [7, 11) is 1.85. The molecule has 1 aromatic heterocycles. The van der Waals surface area contributed by atoms with E-state index in [9.17, 15) is 0 Å². The molecule has 0 atom stereocenters. The molecule has 2 aromatic rings. The molecule has 27 heavy (non-hydrogen) atoms. The Balaban J connectivity index is 0.00000261. The van der Waals surface area contributed by atoms with Gasteiger partial charge >= 0.3 is 0 Å². The molecule has 2 heterocycles. The maximum Gasteiger partial charge on any atom is 0.193 e. The molecule has 1 saturated heterocycles. The van der Waals surface area contributed by atoms with Crippen LogP contribution in [0, 0.1) is 13.8 Å². The normalized spacial score (nSPS) is 14.9. The lowest BCUT2D eigenvalue weighted by atomic mass is 10.2. The van der Waals surface area contributed by atoms with Gasteiger partial charge in [-0.1, -0.05) is 23.7 Å². The zero-order valence-corrected chi connectivity index (χ0v) is 19.9. The summed E-state index contributed by atoms with van der Waals surface area (Å²) >= 11 is 8.11. The molecule has 148 valence electrons. The second kappa shape index (κ2) is 10.5. The van der Waals surface area contributed by atoms with E-state index in [-0.39, 0.29) is 24.0 Å². The van der Waals surface area contributed by atoms with E-state index in [0.717, 1.165) is 66.5 Å². The molecule has 0 aliphatic carbocycles. The number of piperazine rings is 1. The highest BCUT2D eigenvalue weighted by Crippen LogP contribution is 2.26. The summed E-state index contributed by atoms with van der Waals surface area (Å²) in [5, 5.41) is 5.46. The van der Waals surface area contributed by atoms with Gasteiger partial charge < -0.3 is 15.1 Å². The van der Waals surface area contributed by atoms with Crippen molar-refractivity contribution in [2.45, 2.75) is 20.3 Å². The van der Waals surface area contributed by atoms with Gasteiger partial charge in [0.05, 0.1) is 21.4 Å². The number of aryl methyl sites for hydroxylation is 2. The number of halogens is 2. The lowest BCUT2D eigenvalue weighted by Gasteiger charge is -2.38. The van der Waals surface area contributed by atoms with E-state index in [1.54, 1.807) is 11.3 Å². The van der Waals surface area contributed by atoms with Gasteiger partial charge in [0.2, 0.25) is 0 Å². The van der Waals surface area contributed by atoms with E-state index >= 15 is 0 Å². The van der Waals surface area contributed by atoms with Crippen molar-refractivity contribution >= 4 is 58.6 Å². The summed E-state index contributed by atoms with van der Waals surface area (Å²) in [4.78, 5) is 15.0. The first kappa shape index (κ1) is 22.2. The predicted molar refractivity (Wildman–Crippen MR) is 127 cm³/mol. The van der Waals surface area contributed by atoms with Gasteiger partial charge in [-0.3, -0.25) is 4.99 Å². The van der Waals surface area contributed by atoms with Gasteiger partial charge in [-0.2, -0.15) is 0 Å². The van der Waals surface area contributed by atoms with Crippen LogP contribution in [0.5, 0.6) is 0 Å². The molecule has 0 unspecified atom stereocenters. The maximum atomic E-state index is 6.33. The lowest BCUT2D eigenvalue weighted by molar-refractivity contribution is 0.373. The van der Waals surface area contributed by atoms with Crippen molar-refractivity contribution in [1.29, 1.82) is 0 Å². The van der Waals surface area contributed by atoms with Crippen LogP contribution in [0.1, 0.15) is 15.6 Å². The minimum atomic E-state index is 0. The molecule has 1 aliphatic rings. The Hall–Kier alpha value is -1.06. The van der Waals surface area contributed by atoms with Gasteiger partial charge in [0.25, 0.3) is 0 Å². The van der Waals surface area contributed by atoms with Crippen molar-refractivity contribution in [2.24, 2.45) is 4.99 Å². The molecule has 0 amide bonds.